The van der Waals surface area contributed by atoms with Gasteiger partial charge in [0, 0.05) is 7.11 Å². The molecule has 16 heavy (non-hydrogen) atoms. The molecular formula is C9H14F2O5. The second-order valence-electron chi connectivity index (χ2n) is 4.25. The molecule has 5 nitrogen and oxygen atoms in total. The number of ether oxygens (including phenoxy) is 4. The van der Waals surface area contributed by atoms with Crippen LogP contribution in [0.1, 0.15) is 13.8 Å². The molecule has 2 saturated heterocycles. The minimum absolute atomic E-state index is 0.0162. The molecule has 2 heterocycles. The molecule has 0 saturated carbocycles. The van der Waals surface area contributed by atoms with E-state index in [9.17, 15) is 8.92 Å². The maximum Gasteiger partial charge on any atom is 0.292 e. The van der Waals surface area contributed by atoms with Crippen LogP contribution in [0.5, 0.6) is 0 Å². The van der Waals surface area contributed by atoms with Crippen molar-refractivity contribution in [2.45, 2.75) is 44.0 Å². The van der Waals surface area contributed by atoms with E-state index in [-0.39, 0.29) is 6.61 Å². The first kappa shape index (κ1) is 12.1. The van der Waals surface area contributed by atoms with Crippen molar-refractivity contribution in [3.63, 3.8) is 0 Å². The monoisotopic (exact) mass is 240 g/mol. The predicted octanol–water partition coefficient (Wildman–Crippen LogP) is 1.08. The van der Waals surface area contributed by atoms with E-state index in [0.717, 1.165) is 7.11 Å². The summed E-state index contributed by atoms with van der Waals surface area (Å²) in [5.41, 5.74) is 0. The molecule has 0 bridgehead atoms. The fraction of sp³-hybridized carbons (Fsp3) is 1.00. The number of halogens is 2. The van der Waals surface area contributed by atoms with Gasteiger partial charge in [-0.15, -0.1) is 0 Å². The van der Waals surface area contributed by atoms with E-state index in [0.29, 0.717) is 0 Å². The van der Waals surface area contributed by atoms with Crippen molar-refractivity contribution < 1.29 is 32.8 Å². The Labute approximate surface area is 91.4 Å². The summed E-state index contributed by atoms with van der Waals surface area (Å²) in [6.07, 6.45) is -3.50. The number of hydrogen-bond donors (Lipinski definition) is 0. The van der Waals surface area contributed by atoms with Crippen LogP contribution in [0.15, 0.2) is 0 Å². The van der Waals surface area contributed by atoms with Gasteiger partial charge in [-0.1, -0.05) is 0 Å². The van der Waals surface area contributed by atoms with Gasteiger partial charge in [0.05, 0.1) is 6.61 Å². The average molecular weight is 240 g/mol. The Morgan fingerprint density at radius 3 is 2.56 bits per heavy atom. The molecule has 2 aliphatic rings. The van der Waals surface area contributed by atoms with Gasteiger partial charge in [-0.25, -0.2) is 4.39 Å². The first-order chi connectivity index (χ1) is 7.43. The number of hydrogen-bond acceptors (Lipinski definition) is 5. The molecule has 0 amide bonds. The predicted molar refractivity (Wildman–Crippen MR) is 46.6 cm³/mol. The Kier molecular flexibility index (Phi) is 2.92. The van der Waals surface area contributed by atoms with Crippen LogP contribution in [0.3, 0.4) is 0 Å². The van der Waals surface area contributed by atoms with Gasteiger partial charge in [0.25, 0.3) is 12.1 Å². The van der Waals surface area contributed by atoms with Gasteiger partial charge in [0.15, 0.2) is 11.9 Å². The molecule has 4 atom stereocenters. The van der Waals surface area contributed by atoms with Crippen molar-refractivity contribution in [3.8, 4) is 0 Å². The summed E-state index contributed by atoms with van der Waals surface area (Å²) in [6.45, 7) is 3.25. The van der Waals surface area contributed by atoms with Crippen LogP contribution in [0.2, 0.25) is 0 Å². The van der Waals surface area contributed by atoms with Crippen molar-refractivity contribution >= 4 is 0 Å². The number of alkyl halides is 1. The van der Waals surface area contributed by atoms with Crippen LogP contribution in [0, 0.1) is 0 Å². The van der Waals surface area contributed by atoms with Crippen LogP contribution in [0.25, 0.3) is 0 Å². The van der Waals surface area contributed by atoms with E-state index in [2.05, 4.69) is 9.68 Å². The highest BCUT2D eigenvalue weighted by molar-refractivity contribution is 4.97. The molecule has 2 rings (SSSR count). The minimum Gasteiger partial charge on any atom is -0.343 e. The largest absolute Gasteiger partial charge is 0.343 e. The Morgan fingerprint density at radius 1 is 1.31 bits per heavy atom. The van der Waals surface area contributed by atoms with Gasteiger partial charge in [-0.3, -0.25) is 0 Å². The maximum absolute atomic E-state index is 14.3. The van der Waals surface area contributed by atoms with E-state index in [1.807, 2.05) is 0 Å². The lowest BCUT2D eigenvalue weighted by Crippen LogP contribution is -2.60. The molecule has 2 aliphatic heterocycles. The van der Waals surface area contributed by atoms with E-state index in [1.54, 1.807) is 13.8 Å². The highest BCUT2D eigenvalue weighted by atomic mass is 19.3. The second-order valence-corrected chi connectivity index (χ2v) is 4.25. The quantitative estimate of drug-likeness (QED) is 0.722. The second kappa shape index (κ2) is 3.85. The average Bonchev–Trinajstić information content (AvgIpc) is 2.54. The first-order valence-electron chi connectivity index (χ1n) is 4.91. The third kappa shape index (κ3) is 1.72. The molecule has 2 fully saturated rings. The van der Waals surface area contributed by atoms with Gasteiger partial charge in [0.1, 0.15) is 6.10 Å². The summed E-state index contributed by atoms with van der Waals surface area (Å²) < 4.78 is 46.7. The lowest BCUT2D eigenvalue weighted by atomic mass is 10.0. The van der Waals surface area contributed by atoms with Gasteiger partial charge >= 0.3 is 0 Å². The Bertz CT molecular complexity index is 275. The van der Waals surface area contributed by atoms with E-state index in [4.69, 9.17) is 14.2 Å². The molecule has 0 radical (unpaired) electrons. The smallest absolute Gasteiger partial charge is 0.292 e. The highest BCUT2D eigenvalue weighted by Crippen LogP contribution is 2.42. The lowest BCUT2D eigenvalue weighted by molar-refractivity contribution is -0.403. The SMILES string of the molecule is CO[C@@]1(F)C(OF)OC[C@H]2OC(C)(C)O[C@H]21. The Hall–Kier alpha value is -0.340. The van der Waals surface area contributed by atoms with Gasteiger partial charge in [0.2, 0.25) is 0 Å². The van der Waals surface area contributed by atoms with Crippen LogP contribution >= 0.6 is 0 Å². The first-order valence-corrected chi connectivity index (χ1v) is 4.91. The molecule has 0 aliphatic carbocycles. The summed E-state index contributed by atoms with van der Waals surface area (Å²) in [4.78, 5) is 3.42. The summed E-state index contributed by atoms with van der Waals surface area (Å²) in [7, 11) is 1.09. The van der Waals surface area contributed by atoms with E-state index < -0.39 is 30.1 Å². The highest BCUT2D eigenvalue weighted by Gasteiger charge is 2.63. The molecule has 0 aromatic heterocycles. The topological polar surface area (TPSA) is 46.2 Å². The molecule has 0 aromatic rings. The maximum atomic E-state index is 14.3. The van der Waals surface area contributed by atoms with Crippen LogP contribution < -0.4 is 0 Å². The Balaban J connectivity index is 2.24. The lowest BCUT2D eigenvalue weighted by Gasteiger charge is -2.39. The summed E-state index contributed by atoms with van der Waals surface area (Å²) in [6, 6.07) is 0. The van der Waals surface area contributed by atoms with Gasteiger partial charge in [-0.2, -0.15) is 4.94 Å². The standard InChI is InChI=1S/C9H14F2O5/c1-8(2)14-5-4-13-7(16-11)9(10,12-3)6(5)15-8/h5-7H,4H2,1-3H3/t5-,6-,7?,9-/m1/s1. The summed E-state index contributed by atoms with van der Waals surface area (Å²) in [5, 5.41) is 0. The van der Waals surface area contributed by atoms with E-state index in [1.165, 1.54) is 0 Å². The van der Waals surface area contributed by atoms with Crippen LogP contribution in [0.4, 0.5) is 8.92 Å². The Morgan fingerprint density at radius 2 is 2.00 bits per heavy atom. The third-order valence-corrected chi connectivity index (χ3v) is 2.70. The van der Waals surface area contributed by atoms with E-state index >= 15 is 0 Å². The van der Waals surface area contributed by atoms with Crippen molar-refractivity contribution in [1.82, 2.24) is 0 Å². The zero-order valence-electron chi connectivity index (χ0n) is 9.24. The summed E-state index contributed by atoms with van der Waals surface area (Å²) in [5.74, 6) is -3.48. The molecular weight excluding hydrogens is 226 g/mol. The van der Waals surface area contributed by atoms with Crippen molar-refractivity contribution in [2.75, 3.05) is 13.7 Å². The number of fused-ring (bicyclic) bond motifs is 1. The number of rotatable bonds is 2. The third-order valence-electron chi connectivity index (χ3n) is 2.70. The minimum atomic E-state index is -2.52. The molecule has 0 spiro atoms. The van der Waals surface area contributed by atoms with Crippen molar-refractivity contribution in [2.24, 2.45) is 0 Å². The fourth-order valence-electron chi connectivity index (χ4n) is 2.02. The van der Waals surface area contributed by atoms with Gasteiger partial charge < -0.3 is 18.9 Å². The summed E-state index contributed by atoms with van der Waals surface area (Å²) >= 11 is 0. The van der Waals surface area contributed by atoms with Crippen molar-refractivity contribution in [3.05, 3.63) is 0 Å². The number of methoxy groups -OCH3 is 1. The molecule has 0 N–H and O–H groups in total. The molecule has 7 heteroatoms. The molecule has 94 valence electrons. The molecule has 0 aromatic carbocycles. The zero-order chi connectivity index (χ0) is 12.0. The molecule has 1 unspecified atom stereocenters. The van der Waals surface area contributed by atoms with Crippen LogP contribution in [-0.2, 0) is 23.9 Å². The van der Waals surface area contributed by atoms with Crippen LogP contribution in [-0.4, -0.2) is 43.9 Å². The fourth-order valence-corrected chi connectivity index (χ4v) is 2.02. The van der Waals surface area contributed by atoms with Gasteiger partial charge in [-0.05, 0) is 18.4 Å². The zero-order valence-corrected chi connectivity index (χ0v) is 9.24. The normalized spacial score (nSPS) is 46.7. The van der Waals surface area contributed by atoms with Crippen molar-refractivity contribution in [1.29, 1.82) is 0 Å².